The van der Waals surface area contributed by atoms with E-state index in [0.717, 1.165) is 16.9 Å². The third-order valence-corrected chi connectivity index (χ3v) is 4.61. The maximum atomic E-state index is 9.19. The third-order valence-electron chi connectivity index (χ3n) is 4.61. The van der Waals surface area contributed by atoms with Gasteiger partial charge in [0.1, 0.15) is 18.1 Å². The van der Waals surface area contributed by atoms with E-state index in [-0.39, 0.29) is 12.0 Å². The van der Waals surface area contributed by atoms with E-state index in [4.69, 9.17) is 4.42 Å². The monoisotopic (exact) mass is 300 g/mol. The van der Waals surface area contributed by atoms with Crippen LogP contribution in [0.15, 0.2) is 39.4 Å². The lowest BCUT2D eigenvalue weighted by molar-refractivity contribution is 0.245. The van der Waals surface area contributed by atoms with Gasteiger partial charge in [0.15, 0.2) is 0 Å². The van der Waals surface area contributed by atoms with Crippen LogP contribution in [0.25, 0.3) is 6.08 Å². The summed E-state index contributed by atoms with van der Waals surface area (Å²) >= 11 is 0. The van der Waals surface area contributed by atoms with Crippen molar-refractivity contribution in [1.82, 2.24) is 0 Å². The molecule has 2 nitrogen and oxygen atoms in total. The van der Waals surface area contributed by atoms with Crippen molar-refractivity contribution in [3.8, 4) is 0 Å². The summed E-state index contributed by atoms with van der Waals surface area (Å²) in [6.07, 6.45) is 10.2. The van der Waals surface area contributed by atoms with Crippen LogP contribution >= 0.6 is 0 Å². The second-order valence-corrected chi connectivity index (χ2v) is 7.07. The first-order valence-corrected chi connectivity index (χ1v) is 8.10. The van der Waals surface area contributed by atoms with Crippen LogP contribution < -0.4 is 0 Å². The number of hydrogen-bond acceptors (Lipinski definition) is 2. The molecule has 22 heavy (non-hydrogen) atoms. The normalized spacial score (nSPS) is 19.3. The molecule has 2 rings (SSSR count). The van der Waals surface area contributed by atoms with Gasteiger partial charge in [-0.25, -0.2) is 0 Å². The lowest BCUT2D eigenvalue weighted by Gasteiger charge is -2.32. The van der Waals surface area contributed by atoms with E-state index in [1.165, 1.54) is 30.4 Å². The van der Waals surface area contributed by atoms with Crippen LogP contribution in [-0.4, -0.2) is 5.11 Å². The highest BCUT2D eigenvalue weighted by Gasteiger charge is 2.26. The molecule has 1 aliphatic carbocycles. The SMILES string of the molecule is CC1=C(/C=C/C(C)=C/c2cc(C)c(CO)o2)C(C)(C)CCC1. The van der Waals surface area contributed by atoms with Crippen LogP contribution in [0.2, 0.25) is 0 Å². The number of aliphatic hydroxyl groups excluding tert-OH is 1. The van der Waals surface area contributed by atoms with Crippen LogP contribution in [0, 0.1) is 12.3 Å². The summed E-state index contributed by atoms with van der Waals surface area (Å²) in [6.45, 7) is 10.9. The van der Waals surface area contributed by atoms with Crippen LogP contribution in [0.3, 0.4) is 0 Å². The van der Waals surface area contributed by atoms with E-state index < -0.39 is 0 Å². The highest BCUT2D eigenvalue weighted by atomic mass is 16.4. The molecule has 1 N–H and O–H groups in total. The van der Waals surface area contributed by atoms with E-state index in [1.807, 2.05) is 19.1 Å². The summed E-state index contributed by atoms with van der Waals surface area (Å²) in [5.41, 5.74) is 5.40. The van der Waals surface area contributed by atoms with Crippen molar-refractivity contribution in [2.45, 2.75) is 60.5 Å². The van der Waals surface area contributed by atoms with Gasteiger partial charge in [-0.3, -0.25) is 0 Å². The largest absolute Gasteiger partial charge is 0.459 e. The van der Waals surface area contributed by atoms with Gasteiger partial charge < -0.3 is 9.52 Å². The quantitative estimate of drug-likeness (QED) is 0.738. The zero-order valence-corrected chi connectivity index (χ0v) is 14.5. The smallest absolute Gasteiger partial charge is 0.132 e. The Labute approximate surface area is 134 Å². The van der Waals surface area contributed by atoms with Crippen molar-refractivity contribution >= 4 is 6.08 Å². The van der Waals surface area contributed by atoms with Crippen molar-refractivity contribution < 1.29 is 9.52 Å². The van der Waals surface area contributed by atoms with Crippen molar-refractivity contribution in [2.75, 3.05) is 0 Å². The topological polar surface area (TPSA) is 33.4 Å². The van der Waals surface area contributed by atoms with Gasteiger partial charge in [-0.05, 0) is 74.3 Å². The Morgan fingerprint density at radius 2 is 2.09 bits per heavy atom. The lowest BCUT2D eigenvalue weighted by atomic mass is 9.72. The van der Waals surface area contributed by atoms with Gasteiger partial charge >= 0.3 is 0 Å². The second-order valence-electron chi connectivity index (χ2n) is 7.07. The molecule has 0 amide bonds. The molecule has 0 aliphatic heterocycles. The van der Waals surface area contributed by atoms with Gasteiger partial charge in [0.05, 0.1) is 0 Å². The van der Waals surface area contributed by atoms with Gasteiger partial charge in [-0.15, -0.1) is 0 Å². The molecule has 1 aliphatic rings. The van der Waals surface area contributed by atoms with Crippen LogP contribution in [0.1, 0.15) is 64.0 Å². The molecule has 1 aromatic rings. The van der Waals surface area contributed by atoms with Gasteiger partial charge in [-0.2, -0.15) is 0 Å². The number of furan rings is 1. The molecule has 1 heterocycles. The van der Waals surface area contributed by atoms with E-state index >= 15 is 0 Å². The summed E-state index contributed by atoms with van der Waals surface area (Å²) in [5.74, 6) is 1.45. The molecule has 0 saturated carbocycles. The summed E-state index contributed by atoms with van der Waals surface area (Å²) in [4.78, 5) is 0. The van der Waals surface area contributed by atoms with Crippen LogP contribution in [0.5, 0.6) is 0 Å². The molecule has 0 unspecified atom stereocenters. The van der Waals surface area contributed by atoms with Crippen molar-refractivity contribution in [3.05, 3.63) is 52.0 Å². The number of hydrogen-bond donors (Lipinski definition) is 1. The summed E-state index contributed by atoms with van der Waals surface area (Å²) in [7, 11) is 0. The highest BCUT2D eigenvalue weighted by Crippen LogP contribution is 2.40. The first-order chi connectivity index (χ1) is 10.3. The molecule has 0 fully saturated rings. The minimum Gasteiger partial charge on any atom is -0.459 e. The number of rotatable bonds is 4. The zero-order valence-electron chi connectivity index (χ0n) is 14.5. The van der Waals surface area contributed by atoms with Crippen molar-refractivity contribution in [1.29, 1.82) is 0 Å². The standard InChI is InChI=1S/C20H28O2/c1-14(11-17-12-16(3)19(13-21)22-17)8-9-18-15(2)7-6-10-20(18,4)5/h8-9,11-12,21H,6-7,10,13H2,1-5H3/b9-8+,14-11+. The fourth-order valence-corrected chi connectivity index (χ4v) is 3.27. The Bertz CT molecular complexity index is 624. The highest BCUT2D eigenvalue weighted by molar-refractivity contribution is 5.53. The maximum Gasteiger partial charge on any atom is 0.132 e. The minimum absolute atomic E-state index is 0.0468. The second kappa shape index (κ2) is 6.70. The number of aliphatic hydroxyl groups is 1. The molecule has 0 aromatic carbocycles. The van der Waals surface area contributed by atoms with Gasteiger partial charge in [0, 0.05) is 0 Å². The molecule has 1 aromatic heterocycles. The summed E-state index contributed by atoms with van der Waals surface area (Å²) in [6, 6.07) is 1.97. The zero-order chi connectivity index (χ0) is 16.3. The fraction of sp³-hybridized carbons (Fsp3) is 0.500. The Morgan fingerprint density at radius 1 is 1.36 bits per heavy atom. The average molecular weight is 300 g/mol. The van der Waals surface area contributed by atoms with Gasteiger partial charge in [0.25, 0.3) is 0 Å². The molecular weight excluding hydrogens is 272 g/mol. The molecule has 0 saturated heterocycles. The summed E-state index contributed by atoms with van der Waals surface area (Å²) in [5, 5.41) is 9.19. The van der Waals surface area contributed by atoms with E-state index in [1.54, 1.807) is 0 Å². The Morgan fingerprint density at radius 3 is 2.68 bits per heavy atom. The number of allylic oxidation sites excluding steroid dienone is 5. The lowest BCUT2D eigenvalue weighted by Crippen LogP contribution is -2.19. The Hall–Kier alpha value is -1.54. The van der Waals surface area contributed by atoms with E-state index in [9.17, 15) is 5.11 Å². The first-order valence-electron chi connectivity index (χ1n) is 8.10. The minimum atomic E-state index is -0.0468. The van der Waals surface area contributed by atoms with Crippen LogP contribution in [0.4, 0.5) is 0 Å². The summed E-state index contributed by atoms with van der Waals surface area (Å²) < 4.78 is 5.62. The predicted molar refractivity (Wildman–Crippen MR) is 92.5 cm³/mol. The third kappa shape index (κ3) is 3.80. The van der Waals surface area contributed by atoms with Crippen molar-refractivity contribution in [3.63, 3.8) is 0 Å². The molecular formula is C20H28O2. The molecule has 0 spiro atoms. The predicted octanol–water partition coefficient (Wildman–Crippen LogP) is 5.57. The maximum absolute atomic E-state index is 9.19. The molecule has 0 atom stereocenters. The average Bonchev–Trinajstić information content (AvgIpc) is 2.77. The number of aryl methyl sites for hydroxylation is 1. The van der Waals surface area contributed by atoms with Crippen molar-refractivity contribution in [2.24, 2.45) is 5.41 Å². The fourth-order valence-electron chi connectivity index (χ4n) is 3.27. The Balaban J connectivity index is 2.19. The molecule has 0 radical (unpaired) electrons. The van der Waals surface area contributed by atoms with Gasteiger partial charge in [-0.1, -0.05) is 31.6 Å². The first kappa shape index (κ1) is 16.8. The van der Waals surface area contributed by atoms with E-state index in [0.29, 0.717) is 5.76 Å². The molecule has 120 valence electrons. The van der Waals surface area contributed by atoms with Crippen LogP contribution in [-0.2, 0) is 6.61 Å². The Kier molecular flexibility index (Phi) is 5.12. The molecule has 0 bridgehead atoms. The molecule has 2 heteroatoms. The van der Waals surface area contributed by atoms with E-state index in [2.05, 4.69) is 39.8 Å². The van der Waals surface area contributed by atoms with Gasteiger partial charge in [0.2, 0.25) is 0 Å².